The van der Waals surface area contributed by atoms with Gasteiger partial charge in [-0.2, -0.15) is 4.31 Å². The van der Waals surface area contributed by atoms with Crippen molar-refractivity contribution in [2.24, 2.45) is 0 Å². The molecule has 0 aromatic heterocycles. The fraction of sp³-hybridized carbons (Fsp3) is 0.533. The van der Waals surface area contributed by atoms with Crippen molar-refractivity contribution in [1.29, 1.82) is 0 Å². The van der Waals surface area contributed by atoms with E-state index in [-0.39, 0.29) is 40.0 Å². The van der Waals surface area contributed by atoms with Crippen LogP contribution >= 0.6 is 23.2 Å². The fourth-order valence-corrected chi connectivity index (χ4v) is 5.50. The maximum absolute atomic E-state index is 12.8. The maximum atomic E-state index is 12.8. The van der Waals surface area contributed by atoms with Crippen molar-refractivity contribution >= 4 is 39.1 Å². The lowest BCUT2D eigenvalue weighted by molar-refractivity contribution is -0.142. The molecule has 3 rings (SSSR count). The molecule has 24 heavy (non-hydrogen) atoms. The molecule has 6 nitrogen and oxygen atoms in total. The van der Waals surface area contributed by atoms with Gasteiger partial charge < -0.3 is 9.64 Å². The number of amides is 1. The first kappa shape index (κ1) is 17.9. The second kappa shape index (κ2) is 7.17. The average Bonchev–Trinajstić information content (AvgIpc) is 3.08. The highest BCUT2D eigenvalue weighted by Gasteiger charge is 2.35. The molecule has 2 heterocycles. The number of piperazine rings is 1. The number of hydrogen-bond donors (Lipinski definition) is 0. The van der Waals surface area contributed by atoms with Crippen LogP contribution in [0.4, 0.5) is 0 Å². The number of ether oxygens (including phenoxy) is 1. The third-order valence-corrected chi connectivity index (χ3v) is 7.13. The zero-order valence-electron chi connectivity index (χ0n) is 13.0. The van der Waals surface area contributed by atoms with Gasteiger partial charge in [0.25, 0.3) is 5.91 Å². The molecule has 1 atom stereocenters. The molecule has 1 amide bonds. The molecule has 0 radical (unpaired) electrons. The Labute approximate surface area is 151 Å². The highest BCUT2D eigenvalue weighted by atomic mass is 35.5. The van der Waals surface area contributed by atoms with Gasteiger partial charge in [0.15, 0.2) is 0 Å². The monoisotopic (exact) mass is 392 g/mol. The highest BCUT2D eigenvalue weighted by Crippen LogP contribution is 2.32. The quantitative estimate of drug-likeness (QED) is 0.788. The summed E-state index contributed by atoms with van der Waals surface area (Å²) in [6.07, 6.45) is 1.23. The van der Waals surface area contributed by atoms with Crippen LogP contribution in [0, 0.1) is 0 Å². The third-order valence-electron chi connectivity index (χ3n) is 4.27. The first-order valence-electron chi connectivity index (χ1n) is 7.76. The van der Waals surface area contributed by atoms with E-state index in [1.165, 1.54) is 16.4 Å². The van der Waals surface area contributed by atoms with E-state index in [1.807, 2.05) is 0 Å². The van der Waals surface area contributed by atoms with E-state index < -0.39 is 10.0 Å². The van der Waals surface area contributed by atoms with Gasteiger partial charge in [-0.3, -0.25) is 4.79 Å². The number of carbonyl (C=O) groups is 1. The molecule has 2 aliphatic heterocycles. The molecule has 0 N–H and O–H groups in total. The van der Waals surface area contributed by atoms with E-state index in [2.05, 4.69) is 0 Å². The zero-order chi connectivity index (χ0) is 17.3. The molecule has 2 saturated heterocycles. The van der Waals surface area contributed by atoms with Crippen LogP contribution in [-0.4, -0.2) is 62.4 Å². The SMILES string of the molecule is O=C([C@@H]1CCCO1)N1CCN(S(=O)(=O)c2c(Cl)cccc2Cl)CC1. The second-order valence-corrected chi connectivity index (χ2v) is 8.47. The van der Waals surface area contributed by atoms with Crippen LogP contribution in [-0.2, 0) is 19.6 Å². The molecule has 0 unspecified atom stereocenters. The molecule has 0 saturated carbocycles. The van der Waals surface area contributed by atoms with Crippen LogP contribution in [0.2, 0.25) is 10.0 Å². The highest BCUT2D eigenvalue weighted by molar-refractivity contribution is 7.89. The average molecular weight is 393 g/mol. The van der Waals surface area contributed by atoms with Crippen LogP contribution in [0.25, 0.3) is 0 Å². The zero-order valence-corrected chi connectivity index (χ0v) is 15.3. The van der Waals surface area contributed by atoms with Gasteiger partial charge in [0.05, 0.1) is 10.0 Å². The summed E-state index contributed by atoms with van der Waals surface area (Å²) < 4.78 is 32.3. The van der Waals surface area contributed by atoms with E-state index in [0.717, 1.165) is 12.8 Å². The van der Waals surface area contributed by atoms with Crippen molar-refractivity contribution in [1.82, 2.24) is 9.21 Å². The summed E-state index contributed by atoms with van der Waals surface area (Å²) in [5.41, 5.74) is 0. The Kier molecular flexibility index (Phi) is 5.36. The fourth-order valence-electron chi connectivity index (χ4n) is 2.98. The Hall–Kier alpha value is -0.860. The number of hydrogen-bond acceptors (Lipinski definition) is 4. The van der Waals surface area contributed by atoms with Crippen molar-refractivity contribution in [2.75, 3.05) is 32.8 Å². The topological polar surface area (TPSA) is 66.9 Å². The normalized spacial score (nSPS) is 22.8. The standard InChI is InChI=1S/C15H18Cl2N2O4S/c16-11-3-1-4-12(17)14(11)24(21,22)19-8-6-18(7-9-19)15(20)13-5-2-10-23-13/h1,3-4,13H,2,5-10H2/t13-/m0/s1. The number of rotatable bonds is 3. The van der Waals surface area contributed by atoms with Crippen molar-refractivity contribution in [3.8, 4) is 0 Å². The Morgan fingerprint density at radius 2 is 1.75 bits per heavy atom. The molecule has 0 spiro atoms. The number of benzene rings is 1. The predicted octanol–water partition coefficient (Wildman–Crippen LogP) is 2.01. The summed E-state index contributed by atoms with van der Waals surface area (Å²) in [5.74, 6) is -0.0553. The molecule has 2 fully saturated rings. The molecule has 1 aromatic carbocycles. The predicted molar refractivity (Wildman–Crippen MR) is 90.8 cm³/mol. The Bertz CT molecular complexity index is 707. The summed E-state index contributed by atoms with van der Waals surface area (Å²) in [7, 11) is -3.79. The summed E-state index contributed by atoms with van der Waals surface area (Å²) >= 11 is 12.1. The lowest BCUT2D eigenvalue weighted by atomic mass is 10.2. The third kappa shape index (κ3) is 3.41. The van der Waals surface area contributed by atoms with Gasteiger partial charge in [-0.25, -0.2) is 8.42 Å². The molecule has 1 aromatic rings. The van der Waals surface area contributed by atoms with Gasteiger partial charge in [-0.05, 0) is 25.0 Å². The maximum Gasteiger partial charge on any atom is 0.251 e. The van der Waals surface area contributed by atoms with Crippen LogP contribution in [0.5, 0.6) is 0 Å². The lowest BCUT2D eigenvalue weighted by Crippen LogP contribution is -2.52. The van der Waals surface area contributed by atoms with E-state index >= 15 is 0 Å². The summed E-state index contributed by atoms with van der Waals surface area (Å²) in [6.45, 7) is 1.69. The van der Waals surface area contributed by atoms with Gasteiger partial charge in [0.1, 0.15) is 11.0 Å². The van der Waals surface area contributed by atoms with E-state index in [4.69, 9.17) is 27.9 Å². The molecule has 132 valence electrons. The largest absolute Gasteiger partial charge is 0.368 e. The Morgan fingerprint density at radius 1 is 1.12 bits per heavy atom. The van der Waals surface area contributed by atoms with Crippen molar-refractivity contribution in [3.63, 3.8) is 0 Å². The van der Waals surface area contributed by atoms with E-state index in [9.17, 15) is 13.2 Å². The molecular formula is C15H18Cl2N2O4S. The van der Waals surface area contributed by atoms with Gasteiger partial charge in [-0.1, -0.05) is 29.3 Å². The molecular weight excluding hydrogens is 375 g/mol. The van der Waals surface area contributed by atoms with Crippen LogP contribution in [0.3, 0.4) is 0 Å². The van der Waals surface area contributed by atoms with Crippen LogP contribution < -0.4 is 0 Å². The number of carbonyl (C=O) groups excluding carboxylic acids is 1. The van der Waals surface area contributed by atoms with Crippen molar-refractivity contribution in [2.45, 2.75) is 23.8 Å². The Balaban J connectivity index is 1.71. The molecule has 2 aliphatic rings. The first-order chi connectivity index (χ1) is 11.4. The van der Waals surface area contributed by atoms with E-state index in [0.29, 0.717) is 19.7 Å². The Morgan fingerprint density at radius 3 is 2.29 bits per heavy atom. The number of sulfonamides is 1. The lowest BCUT2D eigenvalue weighted by Gasteiger charge is -2.35. The first-order valence-corrected chi connectivity index (χ1v) is 9.95. The summed E-state index contributed by atoms with van der Waals surface area (Å²) in [5, 5.41) is 0.195. The summed E-state index contributed by atoms with van der Waals surface area (Å²) in [4.78, 5) is 13.9. The van der Waals surface area contributed by atoms with E-state index in [1.54, 1.807) is 11.0 Å². The van der Waals surface area contributed by atoms with Gasteiger partial charge in [-0.15, -0.1) is 0 Å². The van der Waals surface area contributed by atoms with Gasteiger partial charge >= 0.3 is 0 Å². The molecule has 9 heteroatoms. The number of halogens is 2. The van der Waals surface area contributed by atoms with Crippen molar-refractivity contribution in [3.05, 3.63) is 28.2 Å². The smallest absolute Gasteiger partial charge is 0.251 e. The minimum atomic E-state index is -3.79. The summed E-state index contributed by atoms with van der Waals surface area (Å²) in [6, 6.07) is 4.59. The van der Waals surface area contributed by atoms with Crippen molar-refractivity contribution < 1.29 is 17.9 Å². The van der Waals surface area contributed by atoms with Gasteiger partial charge in [0.2, 0.25) is 10.0 Å². The minimum Gasteiger partial charge on any atom is -0.368 e. The number of nitrogens with zero attached hydrogens (tertiary/aromatic N) is 2. The van der Waals surface area contributed by atoms with Crippen LogP contribution in [0.15, 0.2) is 23.1 Å². The second-order valence-electron chi connectivity index (χ2n) is 5.78. The van der Waals surface area contributed by atoms with Gasteiger partial charge in [0, 0.05) is 32.8 Å². The molecule has 0 aliphatic carbocycles. The van der Waals surface area contributed by atoms with Crippen LogP contribution in [0.1, 0.15) is 12.8 Å². The minimum absolute atomic E-state index is 0.0553. The molecule has 0 bridgehead atoms.